The van der Waals surface area contributed by atoms with Gasteiger partial charge >= 0.3 is 0 Å². The normalized spacial score (nSPS) is 14.2. The molecule has 29 heavy (non-hydrogen) atoms. The molecule has 1 saturated heterocycles. The summed E-state index contributed by atoms with van der Waals surface area (Å²) in [5.74, 6) is 0.635. The summed E-state index contributed by atoms with van der Waals surface area (Å²) >= 11 is 0. The highest BCUT2D eigenvalue weighted by Crippen LogP contribution is 2.21. The number of hydrogen-bond acceptors (Lipinski definition) is 4. The number of benzene rings is 2. The van der Waals surface area contributed by atoms with Crippen LogP contribution >= 0.6 is 0 Å². The number of morpholine rings is 1. The van der Waals surface area contributed by atoms with Crippen molar-refractivity contribution in [3.05, 3.63) is 58.9 Å². The number of carbonyl (C=O) groups is 2. The van der Waals surface area contributed by atoms with Crippen LogP contribution in [0.4, 0.5) is 5.69 Å². The molecule has 1 aliphatic heterocycles. The average Bonchev–Trinajstić information content (AvgIpc) is 3.02. The van der Waals surface area contributed by atoms with E-state index in [4.69, 9.17) is 4.74 Å². The highest BCUT2D eigenvalue weighted by Gasteiger charge is 2.21. The molecule has 1 N–H and O–H groups in total. The van der Waals surface area contributed by atoms with E-state index in [0.717, 1.165) is 22.4 Å². The van der Waals surface area contributed by atoms with Gasteiger partial charge in [0.1, 0.15) is 5.82 Å². The van der Waals surface area contributed by atoms with Crippen molar-refractivity contribution < 1.29 is 14.3 Å². The van der Waals surface area contributed by atoms with E-state index in [1.54, 1.807) is 17.0 Å². The number of nitrogens with zero attached hydrogens (tertiary/aromatic N) is 3. The summed E-state index contributed by atoms with van der Waals surface area (Å²) in [6.07, 6.45) is 0. The van der Waals surface area contributed by atoms with E-state index >= 15 is 0 Å². The number of hydrogen-bond donors (Lipinski definition) is 1. The number of rotatable bonds is 3. The van der Waals surface area contributed by atoms with E-state index in [0.29, 0.717) is 43.1 Å². The van der Waals surface area contributed by atoms with Gasteiger partial charge in [-0.1, -0.05) is 6.07 Å². The van der Waals surface area contributed by atoms with Gasteiger partial charge < -0.3 is 19.5 Å². The molecule has 0 radical (unpaired) electrons. The van der Waals surface area contributed by atoms with Crippen molar-refractivity contribution in [2.45, 2.75) is 13.8 Å². The van der Waals surface area contributed by atoms with Gasteiger partial charge in [0.2, 0.25) is 0 Å². The molecule has 1 fully saturated rings. The smallest absolute Gasteiger partial charge is 0.255 e. The fourth-order valence-corrected chi connectivity index (χ4v) is 3.52. The van der Waals surface area contributed by atoms with Crippen LogP contribution in [0.1, 0.15) is 32.1 Å². The van der Waals surface area contributed by atoms with Crippen LogP contribution in [0.3, 0.4) is 0 Å². The summed E-state index contributed by atoms with van der Waals surface area (Å²) in [7, 11) is 1.93. The van der Waals surface area contributed by atoms with E-state index in [1.807, 2.05) is 49.7 Å². The SMILES string of the molecule is Cc1ccc(NC(=O)c2ccc3nc(C)n(C)c3c2)cc1C(=O)N1CCOCC1. The lowest BCUT2D eigenvalue weighted by molar-refractivity contribution is 0.0302. The molecule has 4 rings (SSSR count). The van der Waals surface area contributed by atoms with Crippen LogP contribution < -0.4 is 5.32 Å². The predicted molar refractivity (Wildman–Crippen MR) is 111 cm³/mol. The summed E-state index contributed by atoms with van der Waals surface area (Å²) < 4.78 is 7.28. The first-order valence-electron chi connectivity index (χ1n) is 9.66. The first-order chi connectivity index (χ1) is 13.9. The Labute approximate surface area is 169 Å². The van der Waals surface area contributed by atoms with Crippen molar-refractivity contribution in [2.75, 3.05) is 31.6 Å². The molecule has 0 atom stereocenters. The molecule has 2 amide bonds. The average molecular weight is 392 g/mol. The van der Waals surface area contributed by atoms with Crippen LogP contribution in [0.5, 0.6) is 0 Å². The number of aryl methyl sites for hydroxylation is 3. The monoisotopic (exact) mass is 392 g/mol. The fourth-order valence-electron chi connectivity index (χ4n) is 3.52. The Morgan fingerprint density at radius 1 is 1.07 bits per heavy atom. The quantitative estimate of drug-likeness (QED) is 0.744. The van der Waals surface area contributed by atoms with E-state index in [9.17, 15) is 9.59 Å². The second-order valence-electron chi connectivity index (χ2n) is 7.31. The molecule has 1 aliphatic rings. The van der Waals surface area contributed by atoms with E-state index < -0.39 is 0 Å². The van der Waals surface area contributed by atoms with Crippen LogP contribution in [-0.4, -0.2) is 52.6 Å². The summed E-state index contributed by atoms with van der Waals surface area (Å²) in [6.45, 7) is 6.10. The summed E-state index contributed by atoms with van der Waals surface area (Å²) in [6, 6.07) is 10.9. The van der Waals surface area contributed by atoms with Crippen LogP contribution in [0.15, 0.2) is 36.4 Å². The van der Waals surface area contributed by atoms with Crippen LogP contribution in [-0.2, 0) is 11.8 Å². The Kier molecular flexibility index (Phi) is 5.07. The molecule has 0 unspecified atom stereocenters. The molecule has 2 aromatic carbocycles. The Balaban J connectivity index is 1.57. The van der Waals surface area contributed by atoms with Crippen molar-refractivity contribution in [2.24, 2.45) is 7.05 Å². The minimum absolute atomic E-state index is 0.0336. The zero-order chi connectivity index (χ0) is 20.5. The van der Waals surface area contributed by atoms with Crippen molar-refractivity contribution in [1.82, 2.24) is 14.5 Å². The zero-order valence-corrected chi connectivity index (χ0v) is 16.9. The molecule has 2 heterocycles. The van der Waals surface area contributed by atoms with Crippen LogP contribution in [0.25, 0.3) is 11.0 Å². The first-order valence-corrected chi connectivity index (χ1v) is 9.66. The second-order valence-corrected chi connectivity index (χ2v) is 7.31. The molecule has 7 heteroatoms. The van der Waals surface area contributed by atoms with Gasteiger partial charge in [-0.25, -0.2) is 4.98 Å². The molecule has 7 nitrogen and oxygen atoms in total. The van der Waals surface area contributed by atoms with Gasteiger partial charge in [-0.2, -0.15) is 0 Å². The largest absolute Gasteiger partial charge is 0.378 e. The lowest BCUT2D eigenvalue weighted by atomic mass is 10.1. The molecular formula is C22H24N4O3. The molecule has 0 saturated carbocycles. The lowest BCUT2D eigenvalue weighted by Gasteiger charge is -2.27. The van der Waals surface area contributed by atoms with E-state index in [-0.39, 0.29) is 11.8 Å². The minimum atomic E-state index is -0.223. The Morgan fingerprint density at radius 2 is 1.83 bits per heavy atom. The predicted octanol–water partition coefficient (Wildman–Crippen LogP) is 2.91. The number of carbonyl (C=O) groups excluding carboxylic acids is 2. The maximum absolute atomic E-state index is 12.9. The van der Waals surface area contributed by atoms with Gasteiger partial charge in [-0.05, 0) is 49.7 Å². The van der Waals surface area contributed by atoms with Gasteiger partial charge in [0, 0.05) is 37.0 Å². The number of nitrogens with one attached hydrogen (secondary N) is 1. The van der Waals surface area contributed by atoms with Crippen molar-refractivity contribution in [1.29, 1.82) is 0 Å². The van der Waals surface area contributed by atoms with Gasteiger partial charge in [-0.15, -0.1) is 0 Å². The van der Waals surface area contributed by atoms with Crippen molar-refractivity contribution >= 4 is 28.5 Å². The molecule has 3 aromatic rings. The Morgan fingerprint density at radius 3 is 2.59 bits per heavy atom. The number of aromatic nitrogens is 2. The van der Waals surface area contributed by atoms with Gasteiger partial charge in [0.25, 0.3) is 11.8 Å². The second kappa shape index (κ2) is 7.67. The Hall–Kier alpha value is -3.19. The summed E-state index contributed by atoms with van der Waals surface area (Å²) in [5, 5.41) is 2.91. The number of amides is 2. The van der Waals surface area contributed by atoms with Crippen molar-refractivity contribution in [3.63, 3.8) is 0 Å². The number of ether oxygens (including phenoxy) is 1. The van der Waals surface area contributed by atoms with Crippen molar-refractivity contribution in [3.8, 4) is 0 Å². The highest BCUT2D eigenvalue weighted by atomic mass is 16.5. The third-order valence-electron chi connectivity index (χ3n) is 5.39. The van der Waals surface area contributed by atoms with Gasteiger partial charge in [0.05, 0.1) is 24.2 Å². The number of fused-ring (bicyclic) bond motifs is 1. The third kappa shape index (κ3) is 3.73. The minimum Gasteiger partial charge on any atom is -0.378 e. The molecule has 0 bridgehead atoms. The first kappa shape index (κ1) is 19.1. The number of anilines is 1. The molecule has 1 aromatic heterocycles. The molecule has 0 aliphatic carbocycles. The summed E-state index contributed by atoms with van der Waals surface area (Å²) in [4.78, 5) is 31.9. The molecule has 0 spiro atoms. The standard InChI is InChI=1S/C22H24N4O3/c1-14-4-6-17(13-18(14)22(28)26-8-10-29-11-9-26)24-21(27)16-5-7-19-20(12-16)25(3)15(2)23-19/h4-7,12-13H,8-11H2,1-3H3,(H,24,27). The van der Waals surface area contributed by atoms with E-state index in [1.165, 1.54) is 0 Å². The molecule has 150 valence electrons. The molecular weight excluding hydrogens is 368 g/mol. The zero-order valence-electron chi connectivity index (χ0n) is 16.9. The summed E-state index contributed by atoms with van der Waals surface area (Å²) in [5.41, 5.74) is 4.38. The fraction of sp³-hybridized carbons (Fsp3) is 0.318. The third-order valence-corrected chi connectivity index (χ3v) is 5.39. The van der Waals surface area contributed by atoms with Crippen LogP contribution in [0, 0.1) is 13.8 Å². The topological polar surface area (TPSA) is 76.5 Å². The lowest BCUT2D eigenvalue weighted by Crippen LogP contribution is -2.41. The number of imidazole rings is 1. The van der Waals surface area contributed by atoms with E-state index in [2.05, 4.69) is 10.3 Å². The van der Waals surface area contributed by atoms with Crippen LogP contribution in [0.2, 0.25) is 0 Å². The maximum Gasteiger partial charge on any atom is 0.255 e. The van der Waals surface area contributed by atoms with Gasteiger partial charge in [-0.3, -0.25) is 9.59 Å². The maximum atomic E-state index is 12.9. The highest BCUT2D eigenvalue weighted by molar-refractivity contribution is 6.06. The Bertz CT molecular complexity index is 1100. The van der Waals surface area contributed by atoms with Gasteiger partial charge in [0.15, 0.2) is 0 Å².